The topological polar surface area (TPSA) is 55.6 Å². The van der Waals surface area contributed by atoms with E-state index in [9.17, 15) is 4.79 Å². The van der Waals surface area contributed by atoms with Gasteiger partial charge in [0.25, 0.3) is 5.91 Å². The Morgan fingerprint density at radius 2 is 2.38 bits per heavy atom. The summed E-state index contributed by atoms with van der Waals surface area (Å²) >= 11 is 6.04. The molecule has 5 nitrogen and oxygen atoms in total. The zero-order valence-corrected chi connectivity index (χ0v) is 12.1. The number of hydrogen-bond acceptors (Lipinski definition) is 4. The van der Waals surface area contributed by atoms with Gasteiger partial charge in [0.15, 0.2) is 5.76 Å². The molecule has 1 unspecified atom stereocenters. The summed E-state index contributed by atoms with van der Waals surface area (Å²) in [5, 5.41) is 0.479. The highest BCUT2D eigenvalue weighted by Crippen LogP contribution is 2.26. The summed E-state index contributed by atoms with van der Waals surface area (Å²) in [4.78, 5) is 17.9. The lowest BCUT2D eigenvalue weighted by Gasteiger charge is -2.32. The number of carbonyl (C=O) groups excluding carboxylic acids is 1. The molecule has 0 aromatic carbocycles. The number of nitrogens with zero attached hydrogens (tertiary/aromatic N) is 2. The van der Waals surface area contributed by atoms with Crippen LogP contribution in [-0.2, 0) is 0 Å². The van der Waals surface area contributed by atoms with Gasteiger partial charge < -0.3 is 14.1 Å². The number of aromatic nitrogens is 1. The predicted molar refractivity (Wildman–Crippen MR) is 77.5 cm³/mol. The summed E-state index contributed by atoms with van der Waals surface area (Å²) in [5.74, 6) is 0.857. The number of pyridine rings is 1. The lowest BCUT2D eigenvalue weighted by atomic mass is 10.1. The summed E-state index contributed by atoms with van der Waals surface area (Å²) in [5.41, 5.74) is 0. The third-order valence-electron chi connectivity index (χ3n) is 3.43. The normalized spacial score (nSPS) is 18.5. The van der Waals surface area contributed by atoms with Gasteiger partial charge in [0.2, 0.25) is 0 Å². The predicted octanol–water partition coefficient (Wildman–Crippen LogP) is 3.01. The number of ether oxygens (including phenoxy) is 1. The van der Waals surface area contributed by atoms with Crippen LogP contribution in [0, 0.1) is 0 Å². The minimum Gasteiger partial charge on any atom is -0.487 e. The molecule has 1 fully saturated rings. The summed E-state index contributed by atoms with van der Waals surface area (Å²) in [7, 11) is 0. The molecule has 1 saturated heterocycles. The molecule has 2 aromatic rings. The Morgan fingerprint density at radius 3 is 3.14 bits per heavy atom. The fraction of sp³-hybridized carbons (Fsp3) is 0.333. The second-order valence-electron chi connectivity index (χ2n) is 4.92. The Bertz CT molecular complexity index is 615. The zero-order valence-electron chi connectivity index (χ0n) is 11.4. The number of amides is 1. The molecule has 0 aliphatic carbocycles. The Hall–Kier alpha value is -2.01. The van der Waals surface area contributed by atoms with Gasteiger partial charge >= 0.3 is 0 Å². The molecule has 0 saturated carbocycles. The van der Waals surface area contributed by atoms with E-state index in [1.165, 1.54) is 6.26 Å². The van der Waals surface area contributed by atoms with E-state index in [0.717, 1.165) is 12.8 Å². The van der Waals surface area contributed by atoms with Crippen LogP contribution in [0.5, 0.6) is 5.75 Å². The molecular formula is C15H15ClN2O3. The first kappa shape index (κ1) is 13.9. The van der Waals surface area contributed by atoms with E-state index in [1.807, 2.05) is 0 Å². The van der Waals surface area contributed by atoms with Crippen LogP contribution in [0.15, 0.2) is 41.3 Å². The van der Waals surface area contributed by atoms with Gasteiger partial charge in [-0.15, -0.1) is 0 Å². The lowest BCUT2D eigenvalue weighted by molar-refractivity contribution is 0.0510. The van der Waals surface area contributed by atoms with Crippen LogP contribution in [0.3, 0.4) is 0 Å². The number of piperidine rings is 1. The van der Waals surface area contributed by atoms with Gasteiger partial charge in [-0.05, 0) is 25.0 Å². The molecule has 3 rings (SSSR count). The van der Waals surface area contributed by atoms with Gasteiger partial charge in [-0.25, -0.2) is 0 Å². The molecule has 0 N–H and O–H groups in total. The van der Waals surface area contributed by atoms with Crippen LogP contribution < -0.4 is 4.74 Å². The maximum Gasteiger partial charge on any atom is 0.289 e. The zero-order chi connectivity index (χ0) is 14.7. The van der Waals surface area contributed by atoms with Crippen molar-refractivity contribution < 1.29 is 13.9 Å². The maximum atomic E-state index is 12.3. The number of rotatable bonds is 3. The van der Waals surface area contributed by atoms with Crippen molar-refractivity contribution >= 4 is 17.5 Å². The summed E-state index contributed by atoms with van der Waals surface area (Å²) in [6.07, 6.45) is 6.39. The van der Waals surface area contributed by atoms with Gasteiger partial charge in [0.05, 0.1) is 12.8 Å². The molecule has 0 spiro atoms. The van der Waals surface area contributed by atoms with Crippen molar-refractivity contribution in [2.45, 2.75) is 18.9 Å². The maximum absolute atomic E-state index is 12.3. The fourth-order valence-corrected chi connectivity index (χ4v) is 2.58. The summed E-state index contributed by atoms with van der Waals surface area (Å²) in [6, 6.07) is 5.12. The number of furan rings is 1. The van der Waals surface area contributed by atoms with Crippen LogP contribution in [0.1, 0.15) is 23.4 Å². The largest absolute Gasteiger partial charge is 0.487 e. The van der Waals surface area contributed by atoms with Crippen molar-refractivity contribution in [2.24, 2.45) is 0 Å². The van der Waals surface area contributed by atoms with Crippen molar-refractivity contribution in [1.82, 2.24) is 9.88 Å². The molecule has 6 heteroatoms. The molecule has 0 bridgehead atoms. The number of carbonyl (C=O) groups is 1. The number of likely N-dealkylation sites (tertiary alicyclic amines) is 1. The Morgan fingerprint density at radius 1 is 1.48 bits per heavy atom. The first-order chi connectivity index (χ1) is 10.2. The molecular weight excluding hydrogens is 292 g/mol. The highest BCUT2D eigenvalue weighted by Gasteiger charge is 2.27. The molecule has 1 aliphatic heterocycles. The standard InChI is InChI=1S/C15H15ClN2O3/c16-12-9-17-6-5-13(12)21-11-3-1-7-18(10-11)15(19)14-4-2-8-20-14/h2,4-6,8-9,11H,1,3,7,10H2. The molecule has 21 heavy (non-hydrogen) atoms. The lowest BCUT2D eigenvalue weighted by Crippen LogP contribution is -2.44. The molecule has 1 aliphatic rings. The molecule has 1 amide bonds. The SMILES string of the molecule is O=C(c1ccco1)N1CCCC(Oc2ccncc2Cl)C1. The van der Waals surface area contributed by atoms with Crippen molar-refractivity contribution in [3.63, 3.8) is 0 Å². The quantitative estimate of drug-likeness (QED) is 0.874. The first-order valence-electron chi connectivity index (χ1n) is 6.83. The van der Waals surface area contributed by atoms with E-state index in [0.29, 0.717) is 29.6 Å². The Labute approximate surface area is 127 Å². The fourth-order valence-electron chi connectivity index (χ4n) is 2.41. The summed E-state index contributed by atoms with van der Waals surface area (Å²) < 4.78 is 11.0. The Balaban J connectivity index is 1.66. The van der Waals surface area contributed by atoms with E-state index in [2.05, 4.69) is 4.98 Å². The van der Waals surface area contributed by atoms with E-state index >= 15 is 0 Å². The highest BCUT2D eigenvalue weighted by molar-refractivity contribution is 6.31. The third kappa shape index (κ3) is 3.19. The average molecular weight is 307 g/mol. The molecule has 0 radical (unpaired) electrons. The van der Waals surface area contributed by atoms with Crippen molar-refractivity contribution in [3.8, 4) is 5.75 Å². The van der Waals surface area contributed by atoms with Gasteiger partial charge in [0.1, 0.15) is 16.9 Å². The van der Waals surface area contributed by atoms with Crippen LogP contribution in [0.25, 0.3) is 0 Å². The van der Waals surface area contributed by atoms with E-state index in [-0.39, 0.29) is 12.0 Å². The molecule has 110 valence electrons. The van der Waals surface area contributed by atoms with Gasteiger partial charge in [-0.1, -0.05) is 11.6 Å². The second-order valence-corrected chi connectivity index (χ2v) is 5.32. The molecule has 2 aromatic heterocycles. The minimum absolute atomic E-state index is 0.0717. The number of halogens is 1. The van der Waals surface area contributed by atoms with Crippen molar-refractivity contribution in [2.75, 3.05) is 13.1 Å². The highest BCUT2D eigenvalue weighted by atomic mass is 35.5. The van der Waals surface area contributed by atoms with Crippen LogP contribution in [-0.4, -0.2) is 35.0 Å². The van der Waals surface area contributed by atoms with Gasteiger partial charge in [-0.3, -0.25) is 9.78 Å². The second kappa shape index (κ2) is 6.18. The minimum atomic E-state index is -0.103. The molecule has 1 atom stereocenters. The first-order valence-corrected chi connectivity index (χ1v) is 7.21. The third-order valence-corrected chi connectivity index (χ3v) is 3.71. The van der Waals surface area contributed by atoms with Crippen LogP contribution in [0.2, 0.25) is 5.02 Å². The van der Waals surface area contributed by atoms with E-state index < -0.39 is 0 Å². The smallest absolute Gasteiger partial charge is 0.289 e. The number of hydrogen-bond donors (Lipinski definition) is 0. The average Bonchev–Trinajstić information content (AvgIpc) is 3.03. The van der Waals surface area contributed by atoms with E-state index in [4.69, 9.17) is 20.8 Å². The van der Waals surface area contributed by atoms with Crippen LogP contribution in [0.4, 0.5) is 0 Å². The molecule has 3 heterocycles. The van der Waals surface area contributed by atoms with Crippen molar-refractivity contribution in [3.05, 3.63) is 47.6 Å². The monoisotopic (exact) mass is 306 g/mol. The van der Waals surface area contributed by atoms with E-state index in [1.54, 1.807) is 35.5 Å². The Kier molecular flexibility index (Phi) is 4.10. The van der Waals surface area contributed by atoms with Gasteiger partial charge in [-0.2, -0.15) is 0 Å². The summed E-state index contributed by atoms with van der Waals surface area (Å²) in [6.45, 7) is 1.24. The van der Waals surface area contributed by atoms with Crippen LogP contribution >= 0.6 is 11.6 Å². The van der Waals surface area contributed by atoms with Gasteiger partial charge in [0, 0.05) is 25.0 Å². The van der Waals surface area contributed by atoms with Crippen molar-refractivity contribution in [1.29, 1.82) is 0 Å².